The highest BCUT2D eigenvalue weighted by atomic mass is 79.9. The molecule has 0 atom stereocenters. The largest absolute Gasteiger partial charge is 0.398 e. The van der Waals surface area contributed by atoms with Crippen molar-refractivity contribution in [1.82, 2.24) is 0 Å². The van der Waals surface area contributed by atoms with Crippen LogP contribution in [0.25, 0.3) is 0 Å². The van der Waals surface area contributed by atoms with E-state index in [0.717, 1.165) is 15.7 Å². The molecule has 0 bridgehead atoms. The molecule has 2 N–H and O–H groups in total. The van der Waals surface area contributed by atoms with Gasteiger partial charge in [0.15, 0.2) is 0 Å². The number of benzene rings is 1. The van der Waals surface area contributed by atoms with Gasteiger partial charge in [0.25, 0.3) is 0 Å². The van der Waals surface area contributed by atoms with E-state index in [9.17, 15) is 0 Å². The minimum absolute atomic E-state index is 0.457. The smallest absolute Gasteiger partial charge is 0.0732 e. The highest BCUT2D eigenvalue weighted by Gasteiger charge is 2.15. The van der Waals surface area contributed by atoms with Crippen LogP contribution in [0.3, 0.4) is 0 Å². The lowest BCUT2D eigenvalue weighted by molar-refractivity contribution is 0.0454. The van der Waals surface area contributed by atoms with Crippen LogP contribution in [0.15, 0.2) is 22.7 Å². The fourth-order valence-corrected chi connectivity index (χ4v) is 2.35. The Balaban J connectivity index is 1.95. The van der Waals surface area contributed by atoms with Gasteiger partial charge in [0, 0.05) is 10.2 Å². The second-order valence-electron chi connectivity index (χ2n) is 4.04. The summed E-state index contributed by atoms with van der Waals surface area (Å²) in [5, 5.41) is 0. The Morgan fingerprint density at radius 2 is 2.07 bits per heavy atom. The molecule has 0 heterocycles. The van der Waals surface area contributed by atoms with Gasteiger partial charge >= 0.3 is 0 Å². The van der Waals surface area contributed by atoms with E-state index in [1.54, 1.807) is 0 Å². The molecule has 0 aromatic heterocycles. The van der Waals surface area contributed by atoms with Crippen molar-refractivity contribution in [3.05, 3.63) is 28.2 Å². The normalized spacial score (nSPS) is 17.1. The number of nitrogen functional groups attached to an aromatic ring is 1. The second kappa shape index (κ2) is 4.99. The van der Waals surface area contributed by atoms with Gasteiger partial charge in [-0.2, -0.15) is 0 Å². The van der Waals surface area contributed by atoms with Gasteiger partial charge in [-0.05, 0) is 40.4 Å². The second-order valence-corrected chi connectivity index (χ2v) is 4.83. The lowest BCUT2D eigenvalue weighted by atomic mass is 10.2. The molecule has 1 aliphatic carbocycles. The van der Waals surface area contributed by atoms with Gasteiger partial charge in [0.1, 0.15) is 0 Å². The molecule has 2 rings (SSSR count). The maximum Gasteiger partial charge on any atom is 0.0732 e. The predicted octanol–water partition coefficient (Wildman–Crippen LogP) is 3.49. The summed E-state index contributed by atoms with van der Waals surface area (Å²) in [6.45, 7) is 0.663. The summed E-state index contributed by atoms with van der Waals surface area (Å²) >= 11 is 3.48. The molecule has 2 nitrogen and oxygen atoms in total. The summed E-state index contributed by atoms with van der Waals surface area (Å²) < 4.78 is 6.81. The third-order valence-corrected chi connectivity index (χ3v) is 3.85. The molecular weight excluding hydrogens is 254 g/mol. The molecule has 82 valence electrons. The molecule has 1 saturated carbocycles. The van der Waals surface area contributed by atoms with E-state index in [1.165, 1.54) is 25.7 Å². The van der Waals surface area contributed by atoms with Crippen molar-refractivity contribution >= 4 is 21.6 Å². The van der Waals surface area contributed by atoms with Crippen LogP contribution in [0.2, 0.25) is 0 Å². The molecule has 0 saturated heterocycles. The summed E-state index contributed by atoms with van der Waals surface area (Å²) in [5.41, 5.74) is 7.72. The van der Waals surface area contributed by atoms with Gasteiger partial charge in [-0.3, -0.25) is 0 Å². The lowest BCUT2D eigenvalue weighted by Gasteiger charge is -2.12. The van der Waals surface area contributed by atoms with E-state index in [2.05, 4.69) is 22.0 Å². The van der Waals surface area contributed by atoms with Gasteiger partial charge < -0.3 is 10.5 Å². The first kappa shape index (κ1) is 11.0. The Kier molecular flexibility index (Phi) is 3.65. The average molecular weight is 270 g/mol. The van der Waals surface area contributed by atoms with E-state index in [1.807, 2.05) is 12.1 Å². The Hall–Kier alpha value is -0.540. The van der Waals surface area contributed by atoms with Gasteiger partial charge in [-0.15, -0.1) is 0 Å². The maximum atomic E-state index is 5.84. The Morgan fingerprint density at radius 1 is 1.33 bits per heavy atom. The maximum absolute atomic E-state index is 5.84. The van der Waals surface area contributed by atoms with Crippen molar-refractivity contribution in [3.8, 4) is 0 Å². The number of halogens is 1. The summed E-state index contributed by atoms with van der Waals surface area (Å²) in [5.74, 6) is 0. The monoisotopic (exact) mass is 269 g/mol. The van der Waals surface area contributed by atoms with Crippen molar-refractivity contribution in [2.75, 3.05) is 5.73 Å². The van der Waals surface area contributed by atoms with Crippen LogP contribution in [0, 0.1) is 0 Å². The van der Waals surface area contributed by atoms with Gasteiger partial charge in [-0.25, -0.2) is 0 Å². The van der Waals surface area contributed by atoms with E-state index >= 15 is 0 Å². The molecule has 0 amide bonds. The zero-order valence-corrected chi connectivity index (χ0v) is 10.3. The minimum atomic E-state index is 0.457. The fourth-order valence-electron chi connectivity index (χ4n) is 1.97. The highest BCUT2D eigenvalue weighted by molar-refractivity contribution is 9.10. The predicted molar refractivity (Wildman–Crippen MR) is 65.6 cm³/mol. The number of rotatable bonds is 3. The van der Waals surface area contributed by atoms with Crippen LogP contribution in [-0.2, 0) is 11.3 Å². The van der Waals surface area contributed by atoms with Gasteiger partial charge in [0.2, 0.25) is 0 Å². The molecule has 0 spiro atoms. The third-order valence-electron chi connectivity index (χ3n) is 2.89. The van der Waals surface area contributed by atoms with Crippen LogP contribution in [0.4, 0.5) is 5.69 Å². The molecule has 1 aromatic rings. The Morgan fingerprint density at radius 3 is 2.80 bits per heavy atom. The SMILES string of the molecule is Nc1cccc(COC2CCCC2)c1Br. The van der Waals surface area contributed by atoms with Crippen LogP contribution >= 0.6 is 15.9 Å². The molecule has 0 radical (unpaired) electrons. The summed E-state index contributed by atoms with van der Waals surface area (Å²) in [7, 11) is 0. The van der Waals surface area contributed by atoms with Crippen molar-refractivity contribution in [2.24, 2.45) is 0 Å². The first-order valence-electron chi connectivity index (χ1n) is 5.42. The number of nitrogens with two attached hydrogens (primary N) is 1. The minimum Gasteiger partial charge on any atom is -0.398 e. The molecule has 1 aliphatic rings. The zero-order valence-electron chi connectivity index (χ0n) is 8.71. The summed E-state index contributed by atoms with van der Waals surface area (Å²) in [6, 6.07) is 5.91. The number of ether oxygens (including phenoxy) is 1. The average Bonchev–Trinajstić information content (AvgIpc) is 2.73. The summed E-state index contributed by atoms with van der Waals surface area (Å²) in [6.07, 6.45) is 5.49. The van der Waals surface area contributed by atoms with Gasteiger partial charge in [-0.1, -0.05) is 25.0 Å². The molecule has 3 heteroatoms. The lowest BCUT2D eigenvalue weighted by Crippen LogP contribution is -2.07. The van der Waals surface area contributed by atoms with Crippen molar-refractivity contribution in [2.45, 2.75) is 38.4 Å². The first-order valence-corrected chi connectivity index (χ1v) is 6.21. The third kappa shape index (κ3) is 2.73. The number of hydrogen-bond donors (Lipinski definition) is 1. The molecule has 1 fully saturated rings. The highest BCUT2D eigenvalue weighted by Crippen LogP contribution is 2.27. The fraction of sp³-hybridized carbons (Fsp3) is 0.500. The Bertz CT molecular complexity index is 334. The van der Waals surface area contributed by atoms with Crippen molar-refractivity contribution in [3.63, 3.8) is 0 Å². The quantitative estimate of drug-likeness (QED) is 0.853. The topological polar surface area (TPSA) is 35.2 Å². The summed E-state index contributed by atoms with van der Waals surface area (Å²) in [4.78, 5) is 0. The molecule has 0 unspecified atom stereocenters. The standard InChI is InChI=1S/C12H16BrNO/c13-12-9(4-3-7-11(12)14)8-15-10-5-1-2-6-10/h3-4,7,10H,1-2,5-6,8,14H2. The van der Waals surface area contributed by atoms with Crippen LogP contribution in [-0.4, -0.2) is 6.10 Å². The van der Waals surface area contributed by atoms with Crippen LogP contribution in [0.5, 0.6) is 0 Å². The molecule has 1 aromatic carbocycles. The van der Waals surface area contributed by atoms with Crippen LogP contribution in [0.1, 0.15) is 31.2 Å². The zero-order chi connectivity index (χ0) is 10.7. The number of hydrogen-bond acceptors (Lipinski definition) is 2. The van der Waals surface area contributed by atoms with Crippen molar-refractivity contribution in [1.29, 1.82) is 0 Å². The number of anilines is 1. The Labute approximate surface area is 98.9 Å². The van der Waals surface area contributed by atoms with E-state index in [0.29, 0.717) is 12.7 Å². The van der Waals surface area contributed by atoms with Gasteiger partial charge in [0.05, 0.1) is 12.7 Å². The van der Waals surface area contributed by atoms with E-state index < -0.39 is 0 Å². The first-order chi connectivity index (χ1) is 7.27. The van der Waals surface area contributed by atoms with E-state index in [4.69, 9.17) is 10.5 Å². The van der Waals surface area contributed by atoms with Crippen molar-refractivity contribution < 1.29 is 4.74 Å². The van der Waals surface area contributed by atoms with Crippen LogP contribution < -0.4 is 5.73 Å². The van der Waals surface area contributed by atoms with E-state index in [-0.39, 0.29) is 0 Å². The molecular formula is C12H16BrNO. The molecule has 15 heavy (non-hydrogen) atoms. The molecule has 0 aliphatic heterocycles.